The predicted molar refractivity (Wildman–Crippen MR) is 110 cm³/mol. The van der Waals surface area contributed by atoms with Crippen molar-refractivity contribution < 1.29 is 23.5 Å². The van der Waals surface area contributed by atoms with Crippen molar-refractivity contribution in [3.8, 4) is 0 Å². The Morgan fingerprint density at radius 1 is 1.00 bits per heavy atom. The average molecular weight is 465 g/mol. The van der Waals surface area contributed by atoms with Crippen molar-refractivity contribution in [1.82, 2.24) is 10.6 Å². The molecule has 2 aromatic rings. The lowest BCUT2D eigenvalue weighted by Crippen LogP contribution is -2.53. The largest absolute Gasteiger partial charge is 0.467 e. The number of esters is 1. The smallest absolute Gasteiger partial charge is 0.328 e. The van der Waals surface area contributed by atoms with Gasteiger partial charge in [0, 0.05) is 24.2 Å². The van der Waals surface area contributed by atoms with Gasteiger partial charge in [0.15, 0.2) is 0 Å². The molecule has 0 aromatic heterocycles. The quantitative estimate of drug-likeness (QED) is 0.587. The Morgan fingerprint density at radius 2 is 1.66 bits per heavy atom. The normalized spacial score (nSPS) is 12.6. The van der Waals surface area contributed by atoms with Crippen LogP contribution in [0.5, 0.6) is 0 Å². The summed E-state index contributed by atoms with van der Waals surface area (Å²) in [6, 6.07) is 11.1. The minimum atomic E-state index is -0.935. The Bertz CT molecular complexity index is 873. The number of carbonyl (C=O) groups excluding carboxylic acids is 3. The van der Waals surface area contributed by atoms with Gasteiger partial charge in [0.1, 0.15) is 17.9 Å². The average Bonchev–Trinajstić information content (AvgIpc) is 2.69. The molecule has 0 aliphatic rings. The first-order valence-corrected chi connectivity index (χ1v) is 9.72. The monoisotopic (exact) mass is 464 g/mol. The molecule has 0 heterocycles. The van der Waals surface area contributed by atoms with Crippen LogP contribution in [0.2, 0.25) is 0 Å². The zero-order chi connectivity index (χ0) is 21.4. The van der Waals surface area contributed by atoms with E-state index in [4.69, 9.17) is 4.74 Å². The first-order valence-electron chi connectivity index (χ1n) is 8.93. The molecule has 29 heavy (non-hydrogen) atoms. The first-order chi connectivity index (χ1) is 13.8. The summed E-state index contributed by atoms with van der Waals surface area (Å²) in [6.07, 6.45) is 0.359. The van der Waals surface area contributed by atoms with E-state index >= 15 is 0 Å². The van der Waals surface area contributed by atoms with E-state index in [9.17, 15) is 18.8 Å². The van der Waals surface area contributed by atoms with E-state index in [0.717, 1.165) is 10.0 Å². The van der Waals surface area contributed by atoms with Crippen LogP contribution < -0.4 is 10.6 Å². The minimum absolute atomic E-state index is 0.147. The number of halogens is 2. The zero-order valence-corrected chi connectivity index (χ0v) is 17.7. The van der Waals surface area contributed by atoms with Crippen molar-refractivity contribution >= 4 is 33.7 Å². The molecule has 2 rings (SSSR count). The molecule has 0 unspecified atom stereocenters. The molecule has 8 heteroatoms. The van der Waals surface area contributed by atoms with E-state index in [1.54, 1.807) is 0 Å². The second kappa shape index (κ2) is 10.7. The van der Waals surface area contributed by atoms with Crippen molar-refractivity contribution in [2.75, 3.05) is 7.11 Å². The predicted octanol–water partition coefficient (Wildman–Crippen LogP) is 2.54. The summed E-state index contributed by atoms with van der Waals surface area (Å²) in [5.74, 6) is -1.93. The highest BCUT2D eigenvalue weighted by Gasteiger charge is 2.27. The van der Waals surface area contributed by atoms with Gasteiger partial charge in [-0.3, -0.25) is 9.59 Å². The Hall–Kier alpha value is -2.74. The third kappa shape index (κ3) is 6.98. The molecule has 0 radical (unpaired) electrons. The first kappa shape index (κ1) is 22.5. The second-order valence-corrected chi connectivity index (χ2v) is 7.32. The number of nitrogens with one attached hydrogen (secondary N) is 2. The molecule has 0 spiro atoms. The van der Waals surface area contributed by atoms with Gasteiger partial charge < -0.3 is 15.4 Å². The molecule has 2 N–H and O–H groups in total. The number of hydrogen-bond donors (Lipinski definition) is 2. The number of hydrogen-bond acceptors (Lipinski definition) is 4. The molecule has 0 fully saturated rings. The summed E-state index contributed by atoms with van der Waals surface area (Å²) in [5.41, 5.74) is 1.48. The molecule has 0 aliphatic heterocycles. The molecule has 2 atom stereocenters. The summed E-state index contributed by atoms with van der Waals surface area (Å²) >= 11 is 3.42. The SMILES string of the molecule is COC(=O)[C@@H](Cc1ccccc1Br)NC(=O)[C@@H](Cc1ccc(F)cc1)NC(C)=O. The molecule has 2 aromatic carbocycles. The van der Waals surface area contributed by atoms with Crippen LogP contribution in [-0.2, 0) is 32.0 Å². The molecule has 6 nitrogen and oxygen atoms in total. The second-order valence-electron chi connectivity index (χ2n) is 6.46. The van der Waals surface area contributed by atoms with E-state index < -0.39 is 35.7 Å². The van der Waals surface area contributed by atoms with E-state index in [-0.39, 0.29) is 12.8 Å². The molecule has 154 valence electrons. The minimum Gasteiger partial charge on any atom is -0.467 e. The maximum Gasteiger partial charge on any atom is 0.328 e. The molecule has 2 amide bonds. The van der Waals surface area contributed by atoms with Crippen LogP contribution in [0.25, 0.3) is 0 Å². The maximum absolute atomic E-state index is 13.1. The number of carbonyl (C=O) groups is 3. The lowest BCUT2D eigenvalue weighted by atomic mass is 10.0. The zero-order valence-electron chi connectivity index (χ0n) is 16.1. The van der Waals surface area contributed by atoms with Crippen LogP contribution in [0.3, 0.4) is 0 Å². The van der Waals surface area contributed by atoms with Gasteiger partial charge >= 0.3 is 5.97 Å². The van der Waals surface area contributed by atoms with Crippen molar-refractivity contribution in [2.24, 2.45) is 0 Å². The molecule has 0 saturated carbocycles. The number of ether oxygens (including phenoxy) is 1. The van der Waals surface area contributed by atoms with Gasteiger partial charge in [-0.15, -0.1) is 0 Å². The fourth-order valence-corrected chi connectivity index (χ4v) is 3.25. The highest BCUT2D eigenvalue weighted by atomic mass is 79.9. The van der Waals surface area contributed by atoms with Crippen LogP contribution in [0.4, 0.5) is 4.39 Å². The van der Waals surface area contributed by atoms with Gasteiger partial charge in [-0.2, -0.15) is 0 Å². The van der Waals surface area contributed by atoms with Crippen LogP contribution in [-0.4, -0.2) is 37.0 Å². The molecule has 0 saturated heterocycles. The highest BCUT2D eigenvalue weighted by Crippen LogP contribution is 2.18. The van der Waals surface area contributed by atoms with Gasteiger partial charge in [0.25, 0.3) is 0 Å². The van der Waals surface area contributed by atoms with Crippen molar-refractivity contribution in [2.45, 2.75) is 31.8 Å². The molecular formula is C21H22BrFN2O4. The summed E-state index contributed by atoms with van der Waals surface area (Å²) < 4.78 is 18.7. The lowest BCUT2D eigenvalue weighted by molar-refractivity contribution is -0.145. The van der Waals surface area contributed by atoms with Gasteiger partial charge in [0.2, 0.25) is 11.8 Å². The van der Waals surface area contributed by atoms with Crippen molar-refractivity contribution in [1.29, 1.82) is 0 Å². The fraction of sp³-hybridized carbons (Fsp3) is 0.286. The Balaban J connectivity index is 2.17. The number of rotatable bonds is 8. The van der Waals surface area contributed by atoms with E-state index in [1.807, 2.05) is 24.3 Å². The van der Waals surface area contributed by atoms with Gasteiger partial charge in [0.05, 0.1) is 7.11 Å². The van der Waals surface area contributed by atoms with E-state index in [2.05, 4.69) is 26.6 Å². The number of benzene rings is 2. The van der Waals surface area contributed by atoms with Crippen LogP contribution >= 0.6 is 15.9 Å². The van der Waals surface area contributed by atoms with Crippen molar-refractivity contribution in [3.63, 3.8) is 0 Å². The molecular weight excluding hydrogens is 443 g/mol. The van der Waals surface area contributed by atoms with E-state index in [0.29, 0.717) is 5.56 Å². The van der Waals surface area contributed by atoms with Gasteiger partial charge in [-0.05, 0) is 29.3 Å². The third-order valence-electron chi connectivity index (χ3n) is 4.23. The Morgan fingerprint density at radius 3 is 2.24 bits per heavy atom. The molecule has 0 aliphatic carbocycles. The van der Waals surface area contributed by atoms with E-state index in [1.165, 1.54) is 38.3 Å². The summed E-state index contributed by atoms with van der Waals surface area (Å²) in [4.78, 5) is 36.6. The molecule has 0 bridgehead atoms. The Labute approximate surface area is 177 Å². The van der Waals surface area contributed by atoms with Gasteiger partial charge in [-0.1, -0.05) is 46.3 Å². The number of amides is 2. The van der Waals surface area contributed by atoms with Crippen molar-refractivity contribution in [3.05, 3.63) is 69.9 Å². The van der Waals surface area contributed by atoms with Crippen LogP contribution in [0.1, 0.15) is 18.1 Å². The summed E-state index contributed by atoms with van der Waals surface area (Å²) in [6.45, 7) is 1.30. The lowest BCUT2D eigenvalue weighted by Gasteiger charge is -2.22. The maximum atomic E-state index is 13.1. The van der Waals surface area contributed by atoms with Gasteiger partial charge in [-0.25, -0.2) is 9.18 Å². The highest BCUT2D eigenvalue weighted by molar-refractivity contribution is 9.10. The standard InChI is InChI=1S/C21H22BrFN2O4/c1-13(26)24-18(11-14-7-9-16(23)10-8-14)20(27)25-19(21(28)29-2)12-15-5-3-4-6-17(15)22/h3-10,18-19H,11-12H2,1-2H3,(H,24,26)(H,25,27)/t18-,19-/m1/s1. The van der Waals surface area contributed by atoms with Crippen LogP contribution in [0.15, 0.2) is 53.0 Å². The fourth-order valence-electron chi connectivity index (χ4n) is 2.80. The summed E-state index contributed by atoms with van der Waals surface area (Å²) in [5, 5.41) is 5.23. The third-order valence-corrected chi connectivity index (χ3v) is 5.00. The number of methoxy groups -OCH3 is 1. The Kier molecular flexibility index (Phi) is 8.33. The van der Waals surface area contributed by atoms with Crippen LogP contribution in [0, 0.1) is 5.82 Å². The summed E-state index contributed by atoms with van der Waals surface area (Å²) in [7, 11) is 1.24. The topological polar surface area (TPSA) is 84.5 Å².